The van der Waals surface area contributed by atoms with Crippen LogP contribution < -0.4 is 5.32 Å². The van der Waals surface area contributed by atoms with Gasteiger partial charge in [-0.25, -0.2) is 9.37 Å². The predicted octanol–water partition coefficient (Wildman–Crippen LogP) is 0.847. The number of imidazole rings is 1. The molecule has 88 valence electrons. The van der Waals surface area contributed by atoms with E-state index in [9.17, 15) is 9.18 Å². The summed E-state index contributed by atoms with van der Waals surface area (Å²) in [6.45, 7) is 1.01. The topological polar surface area (TPSA) is 59.8 Å². The molecule has 0 fully saturated rings. The second kappa shape index (κ2) is 5.20. The van der Waals surface area contributed by atoms with Crippen LogP contribution in [0.5, 0.6) is 0 Å². The molecule has 0 aliphatic carbocycles. The predicted molar refractivity (Wildman–Crippen MR) is 58.8 cm³/mol. The van der Waals surface area contributed by atoms with Crippen LogP contribution in [0.1, 0.15) is 10.4 Å². The van der Waals surface area contributed by atoms with Crippen LogP contribution in [-0.2, 0) is 6.54 Å². The highest BCUT2D eigenvalue weighted by Gasteiger charge is 2.09. The van der Waals surface area contributed by atoms with Gasteiger partial charge in [0.25, 0.3) is 5.91 Å². The van der Waals surface area contributed by atoms with Gasteiger partial charge >= 0.3 is 0 Å². The zero-order chi connectivity index (χ0) is 12.1. The zero-order valence-corrected chi connectivity index (χ0v) is 9.01. The zero-order valence-electron chi connectivity index (χ0n) is 9.01. The van der Waals surface area contributed by atoms with Crippen molar-refractivity contribution in [2.75, 3.05) is 6.54 Å². The summed E-state index contributed by atoms with van der Waals surface area (Å²) < 4.78 is 15.0. The van der Waals surface area contributed by atoms with E-state index in [0.29, 0.717) is 13.1 Å². The first kappa shape index (κ1) is 11.3. The monoisotopic (exact) mass is 234 g/mol. The average molecular weight is 234 g/mol. The third-order valence-electron chi connectivity index (χ3n) is 2.23. The quantitative estimate of drug-likeness (QED) is 0.853. The molecule has 6 heteroatoms. The van der Waals surface area contributed by atoms with Crippen LogP contribution in [0.4, 0.5) is 4.39 Å². The Morgan fingerprint density at radius 3 is 3.00 bits per heavy atom. The minimum Gasteiger partial charge on any atom is -0.350 e. The number of nitrogens with one attached hydrogen (secondary N) is 1. The fraction of sp³-hybridized carbons (Fsp3) is 0.182. The van der Waals surface area contributed by atoms with Crippen LogP contribution in [0.2, 0.25) is 0 Å². The lowest BCUT2D eigenvalue weighted by Crippen LogP contribution is -2.27. The maximum atomic E-state index is 13.2. The molecular formula is C11H11FN4O. The van der Waals surface area contributed by atoms with Crippen molar-refractivity contribution in [1.29, 1.82) is 0 Å². The Hall–Kier alpha value is -2.24. The van der Waals surface area contributed by atoms with E-state index in [2.05, 4.69) is 15.3 Å². The molecule has 0 bridgehead atoms. The van der Waals surface area contributed by atoms with Crippen molar-refractivity contribution in [3.8, 4) is 0 Å². The first-order chi connectivity index (χ1) is 8.27. The second-order valence-corrected chi connectivity index (χ2v) is 3.41. The lowest BCUT2D eigenvalue weighted by molar-refractivity contribution is 0.0948. The van der Waals surface area contributed by atoms with E-state index in [-0.39, 0.29) is 5.56 Å². The maximum absolute atomic E-state index is 13.2. The van der Waals surface area contributed by atoms with Crippen molar-refractivity contribution in [3.05, 3.63) is 48.6 Å². The van der Waals surface area contributed by atoms with Gasteiger partial charge in [0.2, 0.25) is 0 Å². The minimum absolute atomic E-state index is 0.00521. The highest BCUT2D eigenvalue weighted by molar-refractivity contribution is 5.94. The summed E-state index contributed by atoms with van der Waals surface area (Å²) in [7, 11) is 0. The fourth-order valence-corrected chi connectivity index (χ4v) is 1.37. The summed E-state index contributed by atoms with van der Waals surface area (Å²) in [6.07, 6.45) is 7.50. The lowest BCUT2D eigenvalue weighted by Gasteiger charge is -2.06. The summed E-state index contributed by atoms with van der Waals surface area (Å²) in [5.74, 6) is -1.06. The molecule has 2 aromatic rings. The Kier molecular flexibility index (Phi) is 3.44. The molecule has 0 unspecified atom stereocenters. The maximum Gasteiger partial charge on any atom is 0.254 e. The number of halogens is 1. The first-order valence-corrected chi connectivity index (χ1v) is 5.11. The van der Waals surface area contributed by atoms with Crippen molar-refractivity contribution < 1.29 is 9.18 Å². The van der Waals surface area contributed by atoms with Gasteiger partial charge in [0.05, 0.1) is 18.1 Å². The van der Waals surface area contributed by atoms with Crippen molar-refractivity contribution in [2.24, 2.45) is 0 Å². The second-order valence-electron chi connectivity index (χ2n) is 3.41. The third kappa shape index (κ3) is 2.87. The van der Waals surface area contributed by atoms with E-state index in [0.717, 1.165) is 6.20 Å². The molecule has 0 aliphatic rings. The van der Waals surface area contributed by atoms with E-state index in [4.69, 9.17) is 0 Å². The van der Waals surface area contributed by atoms with Gasteiger partial charge in [-0.3, -0.25) is 9.78 Å². The molecule has 2 rings (SSSR count). The fourth-order valence-electron chi connectivity index (χ4n) is 1.37. The smallest absolute Gasteiger partial charge is 0.254 e. The van der Waals surface area contributed by atoms with E-state index < -0.39 is 11.7 Å². The van der Waals surface area contributed by atoms with Gasteiger partial charge in [0.1, 0.15) is 0 Å². The van der Waals surface area contributed by atoms with Crippen LogP contribution in [0.3, 0.4) is 0 Å². The molecule has 1 amide bonds. The number of carbonyl (C=O) groups is 1. The largest absolute Gasteiger partial charge is 0.350 e. The van der Waals surface area contributed by atoms with Gasteiger partial charge in [-0.1, -0.05) is 0 Å². The van der Waals surface area contributed by atoms with Crippen LogP contribution in [0, 0.1) is 5.82 Å². The summed E-state index contributed by atoms with van der Waals surface area (Å²) >= 11 is 0. The Morgan fingerprint density at radius 1 is 1.41 bits per heavy atom. The molecule has 0 atom stereocenters. The number of carbonyl (C=O) groups excluding carboxylic acids is 1. The number of hydrogen-bond acceptors (Lipinski definition) is 3. The minimum atomic E-state index is -0.618. The van der Waals surface area contributed by atoms with Gasteiger partial charge in [-0.2, -0.15) is 0 Å². The number of rotatable bonds is 4. The van der Waals surface area contributed by atoms with Crippen LogP contribution >= 0.6 is 0 Å². The molecule has 0 saturated carbocycles. The molecule has 2 heterocycles. The molecule has 0 spiro atoms. The van der Waals surface area contributed by atoms with E-state index >= 15 is 0 Å². The molecule has 17 heavy (non-hydrogen) atoms. The summed E-state index contributed by atoms with van der Waals surface area (Å²) in [4.78, 5) is 19.0. The molecule has 0 saturated heterocycles. The van der Waals surface area contributed by atoms with Crippen molar-refractivity contribution >= 4 is 5.91 Å². The standard InChI is InChI=1S/C11H11FN4O/c12-10-7-13-2-1-9(10)11(17)15-4-6-16-5-3-14-8-16/h1-3,5,7-8H,4,6H2,(H,15,17). The number of pyridine rings is 1. The Bertz CT molecular complexity index is 498. The highest BCUT2D eigenvalue weighted by Crippen LogP contribution is 2.03. The number of hydrogen-bond donors (Lipinski definition) is 1. The summed E-state index contributed by atoms with van der Waals surface area (Å²) in [6, 6.07) is 1.35. The number of nitrogens with zero attached hydrogens (tertiary/aromatic N) is 3. The lowest BCUT2D eigenvalue weighted by atomic mass is 10.2. The summed E-state index contributed by atoms with van der Waals surface area (Å²) in [5.41, 5.74) is 0.00521. The van der Waals surface area contributed by atoms with Crippen LogP contribution in [0.25, 0.3) is 0 Å². The Morgan fingerprint density at radius 2 is 2.29 bits per heavy atom. The molecular weight excluding hydrogens is 223 g/mol. The highest BCUT2D eigenvalue weighted by atomic mass is 19.1. The Labute approximate surface area is 97.3 Å². The Balaban J connectivity index is 1.88. The SMILES string of the molecule is O=C(NCCn1ccnc1)c1ccncc1F. The van der Waals surface area contributed by atoms with Crippen LogP contribution in [-0.4, -0.2) is 27.0 Å². The normalized spacial score (nSPS) is 10.2. The molecule has 5 nitrogen and oxygen atoms in total. The van der Waals surface area contributed by atoms with Gasteiger partial charge in [0, 0.05) is 31.7 Å². The van der Waals surface area contributed by atoms with Gasteiger partial charge < -0.3 is 9.88 Å². The van der Waals surface area contributed by atoms with Gasteiger partial charge in [-0.15, -0.1) is 0 Å². The van der Waals surface area contributed by atoms with Crippen molar-refractivity contribution in [1.82, 2.24) is 19.9 Å². The summed E-state index contributed by atoms with van der Waals surface area (Å²) in [5, 5.41) is 2.62. The first-order valence-electron chi connectivity index (χ1n) is 5.11. The molecule has 0 radical (unpaired) electrons. The van der Waals surface area contributed by atoms with Crippen molar-refractivity contribution in [3.63, 3.8) is 0 Å². The van der Waals surface area contributed by atoms with Crippen LogP contribution in [0.15, 0.2) is 37.2 Å². The van der Waals surface area contributed by atoms with E-state index in [1.807, 2.05) is 4.57 Å². The van der Waals surface area contributed by atoms with E-state index in [1.165, 1.54) is 12.3 Å². The number of aromatic nitrogens is 3. The average Bonchev–Trinajstić information content (AvgIpc) is 2.82. The van der Waals surface area contributed by atoms with Gasteiger partial charge in [0.15, 0.2) is 5.82 Å². The number of amides is 1. The molecule has 0 aliphatic heterocycles. The van der Waals surface area contributed by atoms with Crippen molar-refractivity contribution in [2.45, 2.75) is 6.54 Å². The van der Waals surface area contributed by atoms with Gasteiger partial charge in [-0.05, 0) is 6.07 Å². The third-order valence-corrected chi connectivity index (χ3v) is 2.23. The van der Waals surface area contributed by atoms with E-state index in [1.54, 1.807) is 18.7 Å². The molecule has 2 aromatic heterocycles. The molecule has 0 aromatic carbocycles. The molecule has 1 N–H and O–H groups in total.